The van der Waals surface area contributed by atoms with E-state index in [9.17, 15) is 14.7 Å². The lowest BCUT2D eigenvalue weighted by molar-refractivity contribution is -0.139. The Morgan fingerprint density at radius 1 is 1.29 bits per heavy atom. The van der Waals surface area contributed by atoms with Crippen molar-refractivity contribution >= 4 is 85.3 Å². The van der Waals surface area contributed by atoms with Crippen molar-refractivity contribution in [3.8, 4) is 0 Å². The number of carbonyl (C=O) groups is 2. The van der Waals surface area contributed by atoms with Crippen LogP contribution in [0.15, 0.2) is 6.07 Å². The number of hydrogen-bond donors (Lipinski definition) is 1. The van der Waals surface area contributed by atoms with Gasteiger partial charge in [-0.3, -0.25) is 9.59 Å². The summed E-state index contributed by atoms with van der Waals surface area (Å²) >= 11 is 6.53. The summed E-state index contributed by atoms with van der Waals surface area (Å²) in [5, 5.41) is 9.53. The molecular weight excluding hydrogens is 611 g/mol. The number of nitrogens with zero attached hydrogens (tertiary/aromatic N) is 1. The summed E-state index contributed by atoms with van der Waals surface area (Å²) in [4.78, 5) is 24.9. The minimum absolute atomic E-state index is 0.0691. The first-order valence-corrected chi connectivity index (χ1v) is 9.60. The van der Waals surface area contributed by atoms with Crippen LogP contribution in [0.25, 0.3) is 0 Å². The van der Waals surface area contributed by atoms with Crippen LogP contribution in [0.5, 0.6) is 0 Å². The van der Waals surface area contributed by atoms with Crippen LogP contribution < -0.4 is 4.90 Å². The van der Waals surface area contributed by atoms with E-state index in [2.05, 4.69) is 67.8 Å². The molecule has 0 radical (unpaired) electrons. The van der Waals surface area contributed by atoms with Crippen LogP contribution in [0.2, 0.25) is 0 Å². The van der Waals surface area contributed by atoms with Gasteiger partial charge in [-0.15, -0.1) is 0 Å². The maximum absolute atomic E-state index is 11.7. The lowest BCUT2D eigenvalue weighted by Crippen LogP contribution is -2.26. The lowest BCUT2D eigenvalue weighted by Gasteiger charge is -2.24. The summed E-state index contributed by atoms with van der Waals surface area (Å²) in [6.45, 7) is 3.48. The second kappa shape index (κ2) is 8.27. The van der Waals surface area contributed by atoms with Crippen molar-refractivity contribution in [2.24, 2.45) is 0 Å². The average Bonchev–Trinajstić information content (AvgIpc) is 2.36. The van der Waals surface area contributed by atoms with E-state index >= 15 is 0 Å². The Bertz CT molecular complexity index is 575. The van der Waals surface area contributed by atoms with Crippen molar-refractivity contribution in [1.82, 2.24) is 0 Å². The number of carboxylic acids is 1. The molecule has 4 nitrogen and oxygen atoms in total. The summed E-state index contributed by atoms with van der Waals surface area (Å²) in [6, 6.07) is 1.94. The molecule has 0 bridgehead atoms. The van der Waals surface area contributed by atoms with Crippen LogP contribution in [-0.4, -0.2) is 24.0 Å². The van der Waals surface area contributed by atoms with Gasteiger partial charge in [0.15, 0.2) is 0 Å². The molecule has 1 aromatic carbocycles. The molecule has 0 aliphatic carbocycles. The smallest absolute Gasteiger partial charge is 0.311 e. The third-order valence-corrected chi connectivity index (χ3v) is 6.02. The number of aliphatic carboxylic acids is 1. The second-order valence-corrected chi connectivity index (χ2v) is 8.08. The highest BCUT2D eigenvalue weighted by atomic mass is 127. The summed E-state index contributed by atoms with van der Waals surface area (Å²) in [6.07, 6.45) is 1.39. The van der Waals surface area contributed by atoms with Gasteiger partial charge in [0.25, 0.3) is 0 Å². The zero-order valence-electron chi connectivity index (χ0n) is 11.9. The summed E-state index contributed by atoms with van der Waals surface area (Å²) < 4.78 is 2.73. The zero-order chi connectivity index (χ0) is 16.3. The van der Waals surface area contributed by atoms with Crippen molar-refractivity contribution in [3.05, 3.63) is 22.3 Å². The number of carboxylic acid groups (broad SMARTS) is 1. The molecule has 21 heavy (non-hydrogen) atoms. The molecular formula is C14H16I3NO3. The average molecular weight is 627 g/mol. The topological polar surface area (TPSA) is 57.6 Å². The van der Waals surface area contributed by atoms with Gasteiger partial charge in [-0.05, 0) is 85.8 Å². The molecule has 1 aromatic rings. The van der Waals surface area contributed by atoms with Crippen molar-refractivity contribution in [2.75, 3.05) is 11.9 Å². The minimum Gasteiger partial charge on any atom is -0.481 e. The number of rotatable bonds is 5. The molecule has 1 amide bonds. The standard InChI is InChI=1S/C14H16I3NO3/c1-4-5-8(14(20)21)11-9(15)6-10(16)13(12(11)17)18(3)7(2)19/h6,8H,4-5H2,1-3H3,(H,20,21)/t8-/m1/s1. The Balaban J connectivity index is 3.56. The summed E-state index contributed by atoms with van der Waals surface area (Å²) in [5.74, 6) is -1.42. The van der Waals surface area contributed by atoms with Crippen LogP contribution in [0.4, 0.5) is 5.69 Å². The highest BCUT2D eigenvalue weighted by molar-refractivity contribution is 14.1. The molecule has 1 atom stereocenters. The largest absolute Gasteiger partial charge is 0.481 e. The Hall–Kier alpha value is 0.350. The number of carbonyl (C=O) groups excluding carboxylic acids is 1. The number of halogens is 3. The Morgan fingerprint density at radius 3 is 2.29 bits per heavy atom. The highest BCUT2D eigenvalue weighted by Gasteiger charge is 2.28. The number of benzene rings is 1. The van der Waals surface area contributed by atoms with Crippen molar-refractivity contribution < 1.29 is 14.7 Å². The number of hydrogen-bond acceptors (Lipinski definition) is 2. The molecule has 0 saturated carbocycles. The fraction of sp³-hybridized carbons (Fsp3) is 0.429. The van der Waals surface area contributed by atoms with E-state index in [-0.39, 0.29) is 5.91 Å². The molecule has 0 unspecified atom stereocenters. The first kappa shape index (κ1) is 19.4. The summed E-state index contributed by atoms with van der Waals surface area (Å²) in [5.41, 5.74) is 1.61. The molecule has 0 saturated heterocycles. The number of amides is 1. The first-order valence-electron chi connectivity index (χ1n) is 6.36. The molecule has 0 fully saturated rings. The van der Waals surface area contributed by atoms with Crippen LogP contribution in [0, 0.1) is 10.7 Å². The molecule has 1 N–H and O–H groups in total. The Labute approximate surface area is 165 Å². The van der Waals surface area contributed by atoms with Crippen LogP contribution in [-0.2, 0) is 9.59 Å². The van der Waals surface area contributed by atoms with Gasteiger partial charge in [-0.25, -0.2) is 0 Å². The molecule has 0 spiro atoms. The fourth-order valence-electron chi connectivity index (χ4n) is 2.06. The van der Waals surface area contributed by atoms with Crippen LogP contribution >= 0.6 is 67.8 Å². The number of anilines is 1. The molecule has 0 aliphatic rings. The van der Waals surface area contributed by atoms with Crippen LogP contribution in [0.1, 0.15) is 38.2 Å². The van der Waals surface area contributed by atoms with E-state index in [0.717, 1.165) is 28.4 Å². The predicted molar refractivity (Wildman–Crippen MR) is 109 cm³/mol. The third kappa shape index (κ3) is 4.43. The molecule has 0 aliphatic heterocycles. The van der Waals surface area contributed by atoms with Gasteiger partial charge in [0.2, 0.25) is 5.91 Å². The van der Waals surface area contributed by atoms with Crippen molar-refractivity contribution in [1.29, 1.82) is 0 Å². The van der Waals surface area contributed by atoms with Gasteiger partial charge in [0.1, 0.15) is 0 Å². The van der Waals surface area contributed by atoms with Crippen molar-refractivity contribution in [2.45, 2.75) is 32.6 Å². The fourth-order valence-corrected chi connectivity index (χ4v) is 6.91. The molecule has 7 heteroatoms. The second-order valence-electron chi connectivity index (χ2n) is 4.67. The van der Waals surface area contributed by atoms with E-state index in [1.54, 1.807) is 11.9 Å². The predicted octanol–water partition coefficient (Wildman–Crippen LogP) is 4.45. The maximum Gasteiger partial charge on any atom is 0.311 e. The van der Waals surface area contributed by atoms with E-state index in [1.165, 1.54) is 6.92 Å². The van der Waals surface area contributed by atoms with E-state index < -0.39 is 11.9 Å². The Morgan fingerprint density at radius 2 is 1.86 bits per heavy atom. The normalized spacial score (nSPS) is 12.1. The lowest BCUT2D eigenvalue weighted by atomic mass is 9.94. The molecule has 0 aromatic heterocycles. The van der Waals surface area contributed by atoms with Gasteiger partial charge >= 0.3 is 5.97 Å². The minimum atomic E-state index is -0.815. The molecule has 116 valence electrons. The van der Waals surface area contributed by atoms with Crippen molar-refractivity contribution in [3.63, 3.8) is 0 Å². The first-order chi connectivity index (χ1) is 9.72. The highest BCUT2D eigenvalue weighted by Crippen LogP contribution is 2.39. The third-order valence-electron chi connectivity index (χ3n) is 3.21. The van der Waals surface area contributed by atoms with Gasteiger partial charge < -0.3 is 10.0 Å². The van der Waals surface area contributed by atoms with Gasteiger partial charge in [-0.1, -0.05) is 13.3 Å². The Kier molecular flexibility index (Phi) is 7.64. The molecule has 0 heterocycles. The maximum atomic E-state index is 11.7. The van der Waals surface area contributed by atoms with E-state index in [4.69, 9.17) is 0 Å². The van der Waals surface area contributed by atoms with E-state index in [1.807, 2.05) is 13.0 Å². The van der Waals surface area contributed by atoms with Gasteiger partial charge in [0, 0.05) is 24.7 Å². The van der Waals surface area contributed by atoms with Gasteiger partial charge in [0.05, 0.1) is 11.6 Å². The molecule has 1 rings (SSSR count). The zero-order valence-corrected chi connectivity index (χ0v) is 18.4. The summed E-state index contributed by atoms with van der Waals surface area (Å²) in [7, 11) is 1.72. The monoisotopic (exact) mass is 627 g/mol. The van der Waals surface area contributed by atoms with E-state index in [0.29, 0.717) is 6.42 Å². The SMILES string of the molecule is CCC[C@@H](C(=O)O)c1c(I)cc(I)c(N(C)C(C)=O)c1I. The van der Waals surface area contributed by atoms with Crippen LogP contribution in [0.3, 0.4) is 0 Å². The quantitative estimate of drug-likeness (QED) is 0.492. The van der Waals surface area contributed by atoms with Gasteiger partial charge in [-0.2, -0.15) is 0 Å².